The fraction of sp³-hybridized carbons (Fsp3) is 0.300. The molecule has 8 heteroatoms. The highest BCUT2D eigenvalue weighted by Crippen LogP contribution is 2.30. The van der Waals surface area contributed by atoms with Crippen molar-refractivity contribution in [1.82, 2.24) is 5.32 Å². The molecule has 2 atom stereocenters. The van der Waals surface area contributed by atoms with Gasteiger partial charge in [0.05, 0.1) is 5.69 Å². The van der Waals surface area contributed by atoms with Gasteiger partial charge in [0, 0.05) is 6.07 Å². The smallest absolute Gasteiger partial charge is 0.408 e. The van der Waals surface area contributed by atoms with Crippen LogP contribution >= 0.6 is 0 Å². The molecular weight excluding hydrogens is 367 g/mol. The zero-order valence-corrected chi connectivity index (χ0v) is 15.8. The van der Waals surface area contributed by atoms with Gasteiger partial charge in [0.1, 0.15) is 17.2 Å². The maximum atomic E-state index is 13.3. The number of rotatable bonds is 6. The van der Waals surface area contributed by atoms with Gasteiger partial charge in [-0.25, -0.2) is 14.0 Å². The largest absolute Gasteiger partial charge is 0.481 e. The molecule has 0 fully saturated rings. The Morgan fingerprint density at radius 1 is 1.14 bits per heavy atom. The Labute approximate surface area is 162 Å². The van der Waals surface area contributed by atoms with Crippen LogP contribution in [0.2, 0.25) is 0 Å². The van der Waals surface area contributed by atoms with Crippen molar-refractivity contribution in [3.05, 3.63) is 59.9 Å². The van der Waals surface area contributed by atoms with E-state index in [0.29, 0.717) is 5.56 Å². The lowest BCUT2D eigenvalue weighted by atomic mass is 10.0. The molecule has 0 unspecified atom stereocenters. The first-order valence-corrected chi connectivity index (χ1v) is 8.56. The lowest BCUT2D eigenvalue weighted by Gasteiger charge is -2.28. The molecule has 0 aromatic heterocycles. The molecule has 0 spiro atoms. The van der Waals surface area contributed by atoms with E-state index in [1.807, 2.05) is 0 Å². The maximum absolute atomic E-state index is 13.3. The van der Waals surface area contributed by atoms with Gasteiger partial charge < -0.3 is 25.6 Å². The standard InChI is InChI=1S/C20H23FN2O5/c1-20(2,3)28-19(26)23-16(18(24)25)17(12-7-5-4-6-8-12)27-15-10-9-13(21)11-14(15)22/h4-11,16-17H,22H2,1-3H3,(H,23,26)(H,24,25)/t16-,17+/m0/s1. The number of anilines is 1. The summed E-state index contributed by atoms with van der Waals surface area (Å²) in [7, 11) is 0. The van der Waals surface area contributed by atoms with E-state index in [4.69, 9.17) is 15.2 Å². The minimum atomic E-state index is -1.48. The Kier molecular flexibility index (Phi) is 6.45. The highest BCUT2D eigenvalue weighted by molar-refractivity contribution is 5.81. The topological polar surface area (TPSA) is 111 Å². The van der Waals surface area contributed by atoms with E-state index < -0.39 is 35.6 Å². The van der Waals surface area contributed by atoms with E-state index in [9.17, 15) is 19.1 Å². The van der Waals surface area contributed by atoms with Crippen LogP contribution in [-0.2, 0) is 9.53 Å². The van der Waals surface area contributed by atoms with Gasteiger partial charge in [-0.15, -0.1) is 0 Å². The second-order valence-corrected chi connectivity index (χ2v) is 7.09. The normalized spacial score (nSPS) is 13.3. The van der Waals surface area contributed by atoms with Crippen LogP contribution in [0.3, 0.4) is 0 Å². The summed E-state index contributed by atoms with van der Waals surface area (Å²) in [5.41, 5.74) is 5.46. The van der Waals surface area contributed by atoms with Crippen molar-refractivity contribution < 1.29 is 28.6 Å². The zero-order valence-electron chi connectivity index (χ0n) is 15.8. The first kappa shape index (κ1) is 21.0. The predicted octanol–water partition coefficient (Wildman–Crippen LogP) is 3.51. The number of aliphatic carboxylic acids is 1. The highest BCUT2D eigenvalue weighted by atomic mass is 19.1. The third-order valence-corrected chi connectivity index (χ3v) is 3.59. The fourth-order valence-electron chi connectivity index (χ4n) is 2.44. The van der Waals surface area contributed by atoms with Gasteiger partial charge in [-0.3, -0.25) is 0 Å². The number of nitrogens with two attached hydrogens (primary N) is 1. The van der Waals surface area contributed by atoms with Gasteiger partial charge in [0.15, 0.2) is 12.1 Å². The number of hydrogen-bond acceptors (Lipinski definition) is 5. The molecule has 0 saturated heterocycles. The molecule has 0 saturated carbocycles. The van der Waals surface area contributed by atoms with Crippen LogP contribution in [0.15, 0.2) is 48.5 Å². The van der Waals surface area contributed by atoms with Crippen LogP contribution in [0.1, 0.15) is 32.4 Å². The molecule has 28 heavy (non-hydrogen) atoms. The average Bonchev–Trinajstić information content (AvgIpc) is 2.58. The van der Waals surface area contributed by atoms with Crippen LogP contribution in [0, 0.1) is 5.82 Å². The van der Waals surface area contributed by atoms with Crippen LogP contribution in [0.4, 0.5) is 14.9 Å². The Morgan fingerprint density at radius 2 is 1.79 bits per heavy atom. The van der Waals surface area contributed by atoms with E-state index in [2.05, 4.69) is 5.32 Å². The van der Waals surface area contributed by atoms with Crippen molar-refractivity contribution in [1.29, 1.82) is 0 Å². The molecule has 0 heterocycles. The monoisotopic (exact) mass is 390 g/mol. The van der Waals surface area contributed by atoms with Crippen molar-refractivity contribution in [3.8, 4) is 5.75 Å². The number of hydrogen-bond donors (Lipinski definition) is 3. The Hall–Kier alpha value is -3.29. The molecule has 0 aliphatic rings. The van der Waals surface area contributed by atoms with Crippen LogP contribution < -0.4 is 15.8 Å². The summed E-state index contributed by atoms with van der Waals surface area (Å²) in [6.45, 7) is 4.98. The minimum Gasteiger partial charge on any atom is -0.481 e. The lowest BCUT2D eigenvalue weighted by molar-refractivity contribution is -0.142. The molecule has 2 rings (SSSR count). The minimum absolute atomic E-state index is 0.00216. The fourth-order valence-corrected chi connectivity index (χ4v) is 2.44. The van der Waals surface area contributed by atoms with Crippen molar-refractivity contribution in [3.63, 3.8) is 0 Å². The third kappa shape index (κ3) is 5.87. The quantitative estimate of drug-likeness (QED) is 0.651. The second-order valence-electron chi connectivity index (χ2n) is 7.09. The van der Waals surface area contributed by atoms with Gasteiger partial charge in [-0.05, 0) is 38.5 Å². The van der Waals surface area contributed by atoms with E-state index in [-0.39, 0.29) is 11.4 Å². The summed E-state index contributed by atoms with van der Waals surface area (Å²) in [5.74, 6) is -1.80. The van der Waals surface area contributed by atoms with Gasteiger partial charge >= 0.3 is 12.1 Å². The molecule has 0 radical (unpaired) electrons. The summed E-state index contributed by atoms with van der Waals surface area (Å²) >= 11 is 0. The Morgan fingerprint density at radius 3 is 2.32 bits per heavy atom. The third-order valence-electron chi connectivity index (χ3n) is 3.59. The number of amides is 1. The molecule has 150 valence electrons. The van der Waals surface area contributed by atoms with Crippen molar-refractivity contribution in [2.24, 2.45) is 0 Å². The number of carbonyl (C=O) groups excluding carboxylic acids is 1. The summed E-state index contributed by atoms with van der Waals surface area (Å²) < 4.78 is 24.3. The highest BCUT2D eigenvalue weighted by Gasteiger charge is 2.34. The molecule has 0 aliphatic carbocycles. The van der Waals surface area contributed by atoms with E-state index >= 15 is 0 Å². The number of carboxylic acid groups (broad SMARTS) is 1. The molecule has 7 nitrogen and oxygen atoms in total. The number of nitrogens with one attached hydrogen (secondary N) is 1. The summed E-state index contributed by atoms with van der Waals surface area (Å²) in [6, 6.07) is 10.5. The molecule has 4 N–H and O–H groups in total. The number of ether oxygens (including phenoxy) is 2. The maximum Gasteiger partial charge on any atom is 0.408 e. The van der Waals surface area contributed by atoms with E-state index in [1.54, 1.807) is 51.1 Å². The zero-order chi connectivity index (χ0) is 20.9. The average molecular weight is 390 g/mol. The summed E-state index contributed by atoms with van der Waals surface area (Å²) in [5, 5.41) is 12.0. The van der Waals surface area contributed by atoms with Gasteiger partial charge in [0.2, 0.25) is 0 Å². The van der Waals surface area contributed by atoms with Crippen LogP contribution in [-0.4, -0.2) is 28.8 Å². The molecule has 2 aromatic rings. The van der Waals surface area contributed by atoms with E-state index in [1.165, 1.54) is 6.07 Å². The Balaban J connectivity index is 2.37. The molecular formula is C20H23FN2O5. The van der Waals surface area contributed by atoms with Crippen LogP contribution in [0.25, 0.3) is 0 Å². The van der Waals surface area contributed by atoms with Gasteiger partial charge in [0.25, 0.3) is 0 Å². The second kappa shape index (κ2) is 8.60. The number of carbonyl (C=O) groups is 2. The van der Waals surface area contributed by atoms with Gasteiger partial charge in [-0.2, -0.15) is 0 Å². The Bertz CT molecular complexity index is 836. The number of halogens is 1. The van der Waals surface area contributed by atoms with E-state index in [0.717, 1.165) is 12.1 Å². The number of alkyl carbamates (subject to hydrolysis) is 1. The van der Waals surface area contributed by atoms with Crippen molar-refractivity contribution in [2.75, 3.05) is 5.73 Å². The van der Waals surface area contributed by atoms with Crippen molar-refractivity contribution >= 4 is 17.7 Å². The number of benzene rings is 2. The molecule has 0 aliphatic heterocycles. The van der Waals surface area contributed by atoms with Crippen LogP contribution in [0.5, 0.6) is 5.75 Å². The molecule has 1 amide bonds. The SMILES string of the molecule is CC(C)(C)OC(=O)N[C@H](C(=O)O)[C@H](Oc1ccc(F)cc1N)c1ccccc1. The first-order valence-electron chi connectivity index (χ1n) is 8.56. The summed E-state index contributed by atoms with van der Waals surface area (Å²) in [6.07, 6.45) is -2.05. The predicted molar refractivity (Wildman–Crippen MR) is 101 cm³/mol. The molecule has 0 bridgehead atoms. The lowest BCUT2D eigenvalue weighted by Crippen LogP contribution is -2.48. The first-order chi connectivity index (χ1) is 13.1. The van der Waals surface area contributed by atoms with Gasteiger partial charge in [-0.1, -0.05) is 30.3 Å². The molecule has 2 aromatic carbocycles. The number of carboxylic acids is 1. The number of nitrogen functional groups attached to an aromatic ring is 1. The summed E-state index contributed by atoms with van der Waals surface area (Å²) in [4.78, 5) is 24.0. The van der Waals surface area contributed by atoms with Crippen molar-refractivity contribution in [2.45, 2.75) is 38.5 Å².